The van der Waals surface area contributed by atoms with Gasteiger partial charge in [-0.1, -0.05) is 89.6 Å². The molecule has 4 nitrogen and oxygen atoms in total. The molecule has 0 saturated carbocycles. The SMILES string of the molecule is CC(=O)Oc1cccc2c1CCC(Cc1cc(C(c3ccccc3)c3ccccc3)on1)=C2. The normalized spacial score (nSPS) is 12.8. The van der Waals surface area contributed by atoms with Crippen LogP contribution in [0.1, 0.15) is 53.0 Å². The molecule has 4 heteroatoms. The molecule has 1 aromatic heterocycles. The van der Waals surface area contributed by atoms with E-state index in [0.29, 0.717) is 5.75 Å². The van der Waals surface area contributed by atoms with E-state index in [4.69, 9.17) is 9.26 Å². The first kappa shape index (κ1) is 21.0. The monoisotopic (exact) mass is 435 g/mol. The van der Waals surface area contributed by atoms with Gasteiger partial charge in [-0.3, -0.25) is 4.79 Å². The van der Waals surface area contributed by atoms with Crippen LogP contribution in [-0.4, -0.2) is 11.1 Å². The molecule has 0 atom stereocenters. The number of hydrogen-bond donors (Lipinski definition) is 0. The van der Waals surface area contributed by atoms with E-state index in [-0.39, 0.29) is 11.9 Å². The quantitative estimate of drug-likeness (QED) is 0.261. The van der Waals surface area contributed by atoms with Gasteiger partial charge in [0.05, 0.1) is 11.6 Å². The molecule has 0 aliphatic heterocycles. The highest BCUT2D eigenvalue weighted by Gasteiger charge is 2.22. The lowest BCUT2D eigenvalue weighted by Crippen LogP contribution is -2.08. The molecule has 1 aliphatic carbocycles. The minimum atomic E-state index is -0.292. The van der Waals surface area contributed by atoms with Gasteiger partial charge in [0.15, 0.2) is 0 Å². The van der Waals surface area contributed by atoms with Crippen LogP contribution in [0.15, 0.2) is 95.0 Å². The second-order valence-electron chi connectivity index (χ2n) is 8.37. The van der Waals surface area contributed by atoms with Crippen molar-refractivity contribution in [3.05, 3.63) is 124 Å². The standard InChI is InChI=1S/C29H25NO3/c1-20(31)32-27-14-8-13-24-17-21(15-16-26(24)27)18-25-19-28(33-30-25)29(22-9-4-2-5-10-22)23-11-6-3-7-12-23/h2-14,17,19,29H,15-16,18H2,1H3. The van der Waals surface area contributed by atoms with Crippen LogP contribution in [0.4, 0.5) is 0 Å². The summed E-state index contributed by atoms with van der Waals surface area (Å²) in [6.45, 7) is 1.43. The zero-order valence-corrected chi connectivity index (χ0v) is 18.5. The fourth-order valence-electron chi connectivity index (χ4n) is 4.55. The molecular formula is C29H25NO3. The lowest BCUT2D eigenvalue weighted by Gasteiger charge is -2.18. The van der Waals surface area contributed by atoms with Gasteiger partial charge in [0.2, 0.25) is 0 Å². The zero-order chi connectivity index (χ0) is 22.6. The number of fused-ring (bicyclic) bond motifs is 1. The molecule has 1 heterocycles. The summed E-state index contributed by atoms with van der Waals surface area (Å²) < 4.78 is 11.3. The minimum Gasteiger partial charge on any atom is -0.426 e. The number of hydrogen-bond acceptors (Lipinski definition) is 4. The fraction of sp³-hybridized carbons (Fsp3) is 0.172. The number of carbonyl (C=O) groups excluding carboxylic acids is 1. The summed E-state index contributed by atoms with van der Waals surface area (Å²) in [6.07, 6.45) is 4.66. The Morgan fingerprint density at radius 3 is 2.30 bits per heavy atom. The van der Waals surface area contributed by atoms with E-state index < -0.39 is 0 Å². The van der Waals surface area contributed by atoms with Gasteiger partial charge >= 0.3 is 5.97 Å². The minimum absolute atomic E-state index is 0.000925. The highest BCUT2D eigenvalue weighted by molar-refractivity contribution is 5.72. The van der Waals surface area contributed by atoms with E-state index in [1.807, 2.05) is 24.3 Å². The van der Waals surface area contributed by atoms with Crippen LogP contribution in [-0.2, 0) is 17.6 Å². The van der Waals surface area contributed by atoms with Gasteiger partial charge < -0.3 is 9.26 Å². The molecule has 0 unspecified atom stereocenters. The van der Waals surface area contributed by atoms with Crippen molar-refractivity contribution in [2.75, 3.05) is 0 Å². The van der Waals surface area contributed by atoms with Gasteiger partial charge in [-0.05, 0) is 35.6 Å². The number of benzene rings is 3. The Bertz CT molecular complexity index is 1250. The van der Waals surface area contributed by atoms with Crippen molar-refractivity contribution in [1.82, 2.24) is 5.16 Å². The van der Waals surface area contributed by atoms with Crippen LogP contribution in [0.25, 0.3) is 6.08 Å². The van der Waals surface area contributed by atoms with Gasteiger partial charge in [0.25, 0.3) is 0 Å². The van der Waals surface area contributed by atoms with Crippen molar-refractivity contribution in [3.8, 4) is 5.75 Å². The highest BCUT2D eigenvalue weighted by atomic mass is 16.5. The lowest BCUT2D eigenvalue weighted by molar-refractivity contribution is -0.131. The summed E-state index contributed by atoms with van der Waals surface area (Å²) in [4.78, 5) is 11.4. The number of ether oxygens (including phenoxy) is 1. The first-order chi connectivity index (χ1) is 16.2. The summed E-state index contributed by atoms with van der Waals surface area (Å²) >= 11 is 0. The Kier molecular flexibility index (Phi) is 5.90. The zero-order valence-electron chi connectivity index (χ0n) is 18.5. The molecule has 164 valence electrons. The molecule has 1 aliphatic rings. The van der Waals surface area contributed by atoms with Crippen LogP contribution in [0.3, 0.4) is 0 Å². The van der Waals surface area contributed by atoms with E-state index in [9.17, 15) is 4.79 Å². The second kappa shape index (κ2) is 9.29. The molecule has 0 bridgehead atoms. The van der Waals surface area contributed by atoms with Crippen molar-refractivity contribution < 1.29 is 14.1 Å². The molecule has 0 amide bonds. The molecule has 3 aromatic carbocycles. The third-order valence-corrected chi connectivity index (χ3v) is 6.01. The smallest absolute Gasteiger partial charge is 0.308 e. The Labute approximate surface area is 193 Å². The number of aromatic nitrogens is 1. The molecular weight excluding hydrogens is 410 g/mol. The maximum Gasteiger partial charge on any atom is 0.308 e. The number of carbonyl (C=O) groups is 1. The third-order valence-electron chi connectivity index (χ3n) is 6.01. The van der Waals surface area contributed by atoms with E-state index in [1.165, 1.54) is 23.6 Å². The summed E-state index contributed by atoms with van der Waals surface area (Å²) in [5.74, 6) is 1.21. The van der Waals surface area contributed by atoms with E-state index in [2.05, 4.69) is 71.9 Å². The second-order valence-corrected chi connectivity index (χ2v) is 8.37. The van der Waals surface area contributed by atoms with Gasteiger partial charge in [0, 0.05) is 25.0 Å². The van der Waals surface area contributed by atoms with Crippen molar-refractivity contribution in [3.63, 3.8) is 0 Å². The number of allylic oxidation sites excluding steroid dienone is 1. The Hall–Kier alpha value is -3.92. The summed E-state index contributed by atoms with van der Waals surface area (Å²) in [7, 11) is 0. The van der Waals surface area contributed by atoms with Crippen LogP contribution in [0.5, 0.6) is 5.75 Å². The average molecular weight is 436 g/mol. The fourth-order valence-corrected chi connectivity index (χ4v) is 4.55. The third kappa shape index (κ3) is 4.65. The Morgan fingerprint density at radius 2 is 1.64 bits per heavy atom. The molecule has 0 saturated heterocycles. The molecule has 4 aromatic rings. The van der Waals surface area contributed by atoms with Crippen LogP contribution in [0.2, 0.25) is 0 Å². The largest absolute Gasteiger partial charge is 0.426 e. The maximum atomic E-state index is 11.4. The molecule has 0 N–H and O–H groups in total. The van der Waals surface area contributed by atoms with Gasteiger partial charge in [-0.15, -0.1) is 0 Å². The van der Waals surface area contributed by atoms with Crippen LogP contribution >= 0.6 is 0 Å². The predicted octanol–water partition coefficient (Wildman–Crippen LogP) is 6.35. The van der Waals surface area contributed by atoms with Crippen LogP contribution in [0, 0.1) is 0 Å². The van der Waals surface area contributed by atoms with Crippen molar-refractivity contribution in [1.29, 1.82) is 0 Å². The highest BCUT2D eigenvalue weighted by Crippen LogP contribution is 2.35. The van der Waals surface area contributed by atoms with Gasteiger partial charge in [0.1, 0.15) is 11.5 Å². The van der Waals surface area contributed by atoms with Gasteiger partial charge in [-0.2, -0.15) is 0 Å². The molecule has 0 spiro atoms. The van der Waals surface area contributed by atoms with Gasteiger partial charge in [-0.25, -0.2) is 0 Å². The number of esters is 1. The Morgan fingerprint density at radius 1 is 0.939 bits per heavy atom. The Balaban J connectivity index is 1.41. The average Bonchev–Trinajstić information content (AvgIpc) is 3.28. The van der Waals surface area contributed by atoms with E-state index in [1.54, 1.807) is 0 Å². The number of rotatable bonds is 6. The predicted molar refractivity (Wildman–Crippen MR) is 128 cm³/mol. The van der Waals surface area contributed by atoms with Crippen molar-refractivity contribution in [2.45, 2.75) is 32.1 Å². The van der Waals surface area contributed by atoms with E-state index in [0.717, 1.165) is 41.8 Å². The lowest BCUT2D eigenvalue weighted by atomic mass is 9.88. The van der Waals surface area contributed by atoms with Crippen molar-refractivity contribution >= 4 is 12.0 Å². The van der Waals surface area contributed by atoms with Crippen LogP contribution < -0.4 is 4.74 Å². The topological polar surface area (TPSA) is 52.3 Å². The summed E-state index contributed by atoms with van der Waals surface area (Å²) in [6, 6.07) is 28.7. The molecule has 0 fully saturated rings. The first-order valence-electron chi connectivity index (χ1n) is 11.2. The number of nitrogens with zero attached hydrogens (tertiary/aromatic N) is 1. The van der Waals surface area contributed by atoms with E-state index >= 15 is 0 Å². The molecule has 33 heavy (non-hydrogen) atoms. The first-order valence-corrected chi connectivity index (χ1v) is 11.2. The molecule has 5 rings (SSSR count). The molecule has 0 radical (unpaired) electrons. The summed E-state index contributed by atoms with van der Waals surface area (Å²) in [5.41, 5.74) is 6.76. The van der Waals surface area contributed by atoms with Crippen molar-refractivity contribution in [2.24, 2.45) is 0 Å². The summed E-state index contributed by atoms with van der Waals surface area (Å²) in [5, 5.41) is 4.41. The maximum absolute atomic E-state index is 11.4.